The summed E-state index contributed by atoms with van der Waals surface area (Å²) in [5.74, 6) is 0. The van der Waals surface area contributed by atoms with Crippen molar-refractivity contribution in [1.82, 2.24) is 9.78 Å². The van der Waals surface area contributed by atoms with Gasteiger partial charge < -0.3 is 0 Å². The van der Waals surface area contributed by atoms with Gasteiger partial charge in [-0.25, -0.2) is 0 Å². The highest BCUT2D eigenvalue weighted by Crippen LogP contribution is 2.32. The van der Waals surface area contributed by atoms with Gasteiger partial charge in [0.1, 0.15) is 0 Å². The average molecular weight is 215 g/mol. The third-order valence-electron chi connectivity index (χ3n) is 2.08. The molecule has 2 nitrogen and oxygen atoms in total. The second-order valence-corrected chi connectivity index (χ2v) is 3.75. The van der Waals surface area contributed by atoms with E-state index >= 15 is 0 Å². The van der Waals surface area contributed by atoms with E-state index in [2.05, 4.69) is 5.10 Å². The summed E-state index contributed by atoms with van der Waals surface area (Å²) in [6.07, 6.45) is 0. The lowest BCUT2D eigenvalue weighted by molar-refractivity contribution is 0.783. The number of hydrogen-bond donors (Lipinski definition) is 0. The van der Waals surface area contributed by atoms with Crippen LogP contribution in [0, 0.1) is 6.92 Å². The van der Waals surface area contributed by atoms with E-state index in [1.54, 1.807) is 10.7 Å². The Morgan fingerprint density at radius 2 is 2.00 bits per heavy atom. The van der Waals surface area contributed by atoms with Crippen molar-refractivity contribution < 1.29 is 0 Å². The standard InChI is InChI=1S/C9H8Cl2N2/c1-5-8-7(13(2)12-5)4-3-6(10)9(8)11/h3-4H,1-2H3. The Kier molecular flexibility index (Phi) is 1.97. The minimum atomic E-state index is 0.574. The van der Waals surface area contributed by atoms with Crippen LogP contribution < -0.4 is 0 Å². The van der Waals surface area contributed by atoms with Crippen LogP contribution >= 0.6 is 23.2 Å². The molecule has 0 aliphatic rings. The predicted octanol–water partition coefficient (Wildman–Crippen LogP) is 3.19. The summed E-state index contributed by atoms with van der Waals surface area (Å²) < 4.78 is 1.80. The van der Waals surface area contributed by atoms with Crippen LogP contribution in [0.4, 0.5) is 0 Å². The van der Waals surface area contributed by atoms with Gasteiger partial charge in [0.15, 0.2) is 0 Å². The van der Waals surface area contributed by atoms with E-state index in [4.69, 9.17) is 23.2 Å². The minimum absolute atomic E-state index is 0.574. The number of aryl methyl sites for hydroxylation is 2. The first-order valence-corrected chi connectivity index (χ1v) is 4.64. The summed E-state index contributed by atoms with van der Waals surface area (Å²) in [6, 6.07) is 3.71. The molecule has 0 radical (unpaired) electrons. The van der Waals surface area contributed by atoms with Crippen molar-refractivity contribution in [1.29, 1.82) is 0 Å². The largest absolute Gasteiger partial charge is 0.268 e. The molecule has 0 bridgehead atoms. The fraction of sp³-hybridized carbons (Fsp3) is 0.222. The number of halogens is 2. The van der Waals surface area contributed by atoms with Crippen molar-refractivity contribution in [2.24, 2.45) is 7.05 Å². The van der Waals surface area contributed by atoms with Crippen LogP contribution in [-0.2, 0) is 7.05 Å². The molecule has 13 heavy (non-hydrogen) atoms. The highest BCUT2D eigenvalue weighted by Gasteiger charge is 2.10. The van der Waals surface area contributed by atoms with Gasteiger partial charge in [-0.2, -0.15) is 5.10 Å². The van der Waals surface area contributed by atoms with Gasteiger partial charge in [-0.15, -0.1) is 0 Å². The maximum atomic E-state index is 6.06. The Labute approximate surface area is 86.1 Å². The second-order valence-electron chi connectivity index (χ2n) is 2.96. The lowest BCUT2D eigenvalue weighted by atomic mass is 10.2. The molecule has 0 fully saturated rings. The fourth-order valence-corrected chi connectivity index (χ4v) is 1.94. The normalized spacial score (nSPS) is 11.1. The number of aromatic nitrogens is 2. The van der Waals surface area contributed by atoms with Gasteiger partial charge in [0.05, 0.1) is 21.3 Å². The zero-order valence-electron chi connectivity index (χ0n) is 7.31. The second kappa shape index (κ2) is 2.89. The molecule has 0 atom stereocenters. The molecule has 0 aliphatic carbocycles. The van der Waals surface area contributed by atoms with E-state index < -0.39 is 0 Å². The van der Waals surface area contributed by atoms with Crippen molar-refractivity contribution in [2.75, 3.05) is 0 Å². The molecule has 1 aromatic heterocycles. The maximum Gasteiger partial charge on any atom is 0.0705 e. The fourth-order valence-electron chi connectivity index (χ4n) is 1.48. The molecule has 0 amide bonds. The van der Waals surface area contributed by atoms with E-state index in [0.717, 1.165) is 16.6 Å². The summed E-state index contributed by atoms with van der Waals surface area (Å²) in [6.45, 7) is 1.92. The molecule has 1 aromatic carbocycles. The van der Waals surface area contributed by atoms with Crippen LogP contribution in [-0.4, -0.2) is 9.78 Å². The average Bonchev–Trinajstić information content (AvgIpc) is 2.35. The number of rotatable bonds is 0. The van der Waals surface area contributed by atoms with Crippen LogP contribution in [0.1, 0.15) is 5.69 Å². The lowest BCUT2D eigenvalue weighted by Gasteiger charge is -1.98. The SMILES string of the molecule is Cc1nn(C)c2ccc(Cl)c(Cl)c12. The van der Waals surface area contributed by atoms with Gasteiger partial charge >= 0.3 is 0 Å². The molecule has 0 saturated carbocycles. The quantitative estimate of drug-likeness (QED) is 0.659. The smallest absolute Gasteiger partial charge is 0.0705 e. The number of nitrogens with zero attached hydrogens (tertiary/aromatic N) is 2. The monoisotopic (exact) mass is 214 g/mol. The van der Waals surface area contributed by atoms with Crippen molar-refractivity contribution in [3.8, 4) is 0 Å². The van der Waals surface area contributed by atoms with Gasteiger partial charge in [-0.1, -0.05) is 23.2 Å². The Morgan fingerprint density at radius 1 is 1.31 bits per heavy atom. The van der Waals surface area contributed by atoms with E-state index in [1.165, 1.54) is 0 Å². The highest BCUT2D eigenvalue weighted by atomic mass is 35.5. The molecule has 4 heteroatoms. The molecule has 0 N–H and O–H groups in total. The third-order valence-corrected chi connectivity index (χ3v) is 2.89. The molecule has 2 aromatic rings. The van der Waals surface area contributed by atoms with E-state index in [9.17, 15) is 0 Å². The van der Waals surface area contributed by atoms with Crippen molar-refractivity contribution >= 4 is 34.1 Å². The zero-order chi connectivity index (χ0) is 9.59. The first kappa shape index (κ1) is 8.85. The summed E-state index contributed by atoms with van der Waals surface area (Å²) in [5, 5.41) is 6.37. The first-order valence-electron chi connectivity index (χ1n) is 3.88. The Hall–Kier alpha value is -0.730. The molecule has 0 spiro atoms. The minimum Gasteiger partial charge on any atom is -0.268 e. The molecular formula is C9H8Cl2N2. The number of hydrogen-bond acceptors (Lipinski definition) is 1. The molecule has 0 unspecified atom stereocenters. The Balaban J connectivity index is 2.98. The van der Waals surface area contributed by atoms with Crippen LogP contribution in [0.15, 0.2) is 12.1 Å². The van der Waals surface area contributed by atoms with Crippen molar-refractivity contribution in [3.63, 3.8) is 0 Å². The molecule has 1 heterocycles. The van der Waals surface area contributed by atoms with Gasteiger partial charge in [0.2, 0.25) is 0 Å². The van der Waals surface area contributed by atoms with Crippen molar-refractivity contribution in [3.05, 3.63) is 27.9 Å². The molecule has 68 valence electrons. The molecule has 2 rings (SSSR count). The van der Waals surface area contributed by atoms with Crippen LogP contribution in [0.25, 0.3) is 10.9 Å². The van der Waals surface area contributed by atoms with Gasteiger partial charge in [-0.05, 0) is 19.1 Å². The highest BCUT2D eigenvalue weighted by molar-refractivity contribution is 6.45. The van der Waals surface area contributed by atoms with Gasteiger partial charge in [-0.3, -0.25) is 4.68 Å². The molecular weight excluding hydrogens is 207 g/mol. The van der Waals surface area contributed by atoms with Crippen molar-refractivity contribution in [2.45, 2.75) is 6.92 Å². The number of fused-ring (bicyclic) bond motifs is 1. The number of benzene rings is 1. The molecule has 0 aliphatic heterocycles. The predicted molar refractivity (Wildman–Crippen MR) is 55.5 cm³/mol. The van der Waals surface area contributed by atoms with E-state index in [-0.39, 0.29) is 0 Å². The molecule has 0 saturated heterocycles. The zero-order valence-corrected chi connectivity index (χ0v) is 8.82. The van der Waals surface area contributed by atoms with Crippen LogP contribution in [0.2, 0.25) is 10.0 Å². The lowest BCUT2D eigenvalue weighted by Crippen LogP contribution is -1.88. The summed E-state index contributed by atoms with van der Waals surface area (Å²) >= 11 is 12.0. The summed E-state index contributed by atoms with van der Waals surface area (Å²) in [7, 11) is 1.89. The first-order chi connectivity index (χ1) is 6.11. The Bertz CT molecular complexity index is 474. The topological polar surface area (TPSA) is 17.8 Å². The van der Waals surface area contributed by atoms with Gasteiger partial charge in [0.25, 0.3) is 0 Å². The van der Waals surface area contributed by atoms with E-state index in [0.29, 0.717) is 10.0 Å². The van der Waals surface area contributed by atoms with Crippen LogP contribution in [0.3, 0.4) is 0 Å². The summed E-state index contributed by atoms with van der Waals surface area (Å²) in [4.78, 5) is 0. The Morgan fingerprint density at radius 3 is 2.69 bits per heavy atom. The van der Waals surface area contributed by atoms with E-state index in [1.807, 2.05) is 20.0 Å². The van der Waals surface area contributed by atoms with Gasteiger partial charge in [0, 0.05) is 12.4 Å². The maximum absolute atomic E-state index is 6.06. The third kappa shape index (κ3) is 1.21. The summed E-state index contributed by atoms with van der Waals surface area (Å²) in [5.41, 5.74) is 1.91. The van der Waals surface area contributed by atoms with Crippen LogP contribution in [0.5, 0.6) is 0 Å².